The molecule has 21 heavy (non-hydrogen) atoms. The Morgan fingerprint density at radius 1 is 1.48 bits per heavy atom. The monoisotopic (exact) mass is 291 g/mol. The normalized spacial score (nSPS) is 24.0. The first-order valence-corrected chi connectivity index (χ1v) is 7.44. The fourth-order valence-corrected chi connectivity index (χ4v) is 3.02. The summed E-state index contributed by atoms with van der Waals surface area (Å²) in [6.45, 7) is 6.65. The van der Waals surface area contributed by atoms with Gasteiger partial charge in [0.1, 0.15) is 5.75 Å². The Morgan fingerprint density at radius 2 is 2.24 bits per heavy atom. The van der Waals surface area contributed by atoms with E-state index in [0.29, 0.717) is 17.4 Å². The summed E-state index contributed by atoms with van der Waals surface area (Å²) in [5, 5.41) is 11.8. The molecule has 0 spiro atoms. The molecule has 5 heteroatoms. The maximum absolute atomic E-state index is 8.80. The molecule has 0 radical (unpaired) electrons. The molecule has 0 saturated carbocycles. The van der Waals surface area contributed by atoms with E-state index >= 15 is 0 Å². The smallest absolute Gasteiger partial charge is 0.173 e. The number of methoxy groups -OCH3 is 1. The molecule has 1 aliphatic rings. The van der Waals surface area contributed by atoms with Gasteiger partial charge < -0.3 is 15.7 Å². The number of piperidine rings is 1. The lowest BCUT2D eigenvalue weighted by atomic mass is 9.93. The molecule has 2 atom stereocenters. The summed E-state index contributed by atoms with van der Waals surface area (Å²) >= 11 is 0. The van der Waals surface area contributed by atoms with Crippen molar-refractivity contribution in [3.63, 3.8) is 0 Å². The zero-order valence-electron chi connectivity index (χ0n) is 13.0. The van der Waals surface area contributed by atoms with Crippen LogP contribution in [-0.4, -0.2) is 35.6 Å². The first-order valence-electron chi connectivity index (χ1n) is 7.44. The van der Waals surface area contributed by atoms with Crippen molar-refractivity contribution < 1.29 is 9.94 Å². The molecule has 5 nitrogen and oxygen atoms in total. The van der Waals surface area contributed by atoms with Crippen LogP contribution in [0.3, 0.4) is 0 Å². The Kier molecular flexibility index (Phi) is 5.07. The number of oxime groups is 1. The van der Waals surface area contributed by atoms with Gasteiger partial charge in [0, 0.05) is 12.6 Å². The lowest BCUT2D eigenvalue weighted by molar-refractivity contribution is 0.122. The van der Waals surface area contributed by atoms with Crippen molar-refractivity contribution in [2.24, 2.45) is 16.8 Å². The number of amidine groups is 1. The molecule has 1 heterocycles. The highest BCUT2D eigenvalue weighted by atomic mass is 16.5. The van der Waals surface area contributed by atoms with Gasteiger partial charge in [0.05, 0.1) is 12.7 Å². The van der Waals surface area contributed by atoms with Crippen molar-refractivity contribution in [2.45, 2.75) is 39.3 Å². The van der Waals surface area contributed by atoms with Crippen LogP contribution in [0.1, 0.15) is 37.8 Å². The summed E-state index contributed by atoms with van der Waals surface area (Å²) in [6, 6.07) is 6.43. The number of nitrogens with two attached hydrogens (primary N) is 1. The van der Waals surface area contributed by atoms with Gasteiger partial charge in [-0.2, -0.15) is 0 Å². The number of ether oxygens (including phenoxy) is 1. The van der Waals surface area contributed by atoms with Crippen LogP contribution in [0, 0.1) is 5.92 Å². The number of rotatable bonds is 4. The number of hydrogen-bond donors (Lipinski definition) is 2. The van der Waals surface area contributed by atoms with Crippen LogP contribution in [0.15, 0.2) is 23.4 Å². The molecule has 1 aromatic rings. The summed E-state index contributed by atoms with van der Waals surface area (Å²) in [4.78, 5) is 2.50. The molecular formula is C16H25N3O2. The summed E-state index contributed by atoms with van der Waals surface area (Å²) in [7, 11) is 1.60. The average Bonchev–Trinajstić information content (AvgIpc) is 2.49. The quantitative estimate of drug-likeness (QED) is 0.387. The van der Waals surface area contributed by atoms with Crippen LogP contribution in [0.2, 0.25) is 0 Å². The zero-order chi connectivity index (χ0) is 15.4. The SMILES string of the molecule is COc1cc(CN2CCC(C)CC2C)ccc1/C(N)=N/O. The minimum Gasteiger partial charge on any atom is -0.496 e. The Labute approximate surface area is 126 Å². The minimum atomic E-state index is 0.0681. The molecule has 116 valence electrons. The molecule has 0 bridgehead atoms. The van der Waals surface area contributed by atoms with Gasteiger partial charge >= 0.3 is 0 Å². The predicted molar refractivity (Wildman–Crippen MR) is 83.8 cm³/mol. The van der Waals surface area contributed by atoms with E-state index in [0.717, 1.165) is 19.0 Å². The van der Waals surface area contributed by atoms with E-state index in [1.165, 1.54) is 18.4 Å². The highest BCUT2D eigenvalue weighted by Gasteiger charge is 2.23. The third kappa shape index (κ3) is 3.67. The molecular weight excluding hydrogens is 266 g/mol. The van der Waals surface area contributed by atoms with Gasteiger partial charge in [-0.25, -0.2) is 0 Å². The first kappa shape index (κ1) is 15.6. The van der Waals surface area contributed by atoms with Crippen LogP contribution >= 0.6 is 0 Å². The molecule has 1 aromatic carbocycles. The van der Waals surface area contributed by atoms with E-state index in [4.69, 9.17) is 15.7 Å². The second-order valence-corrected chi connectivity index (χ2v) is 5.97. The van der Waals surface area contributed by atoms with E-state index < -0.39 is 0 Å². The molecule has 2 rings (SSSR count). The maximum Gasteiger partial charge on any atom is 0.173 e. The Bertz CT molecular complexity index is 516. The molecule has 1 aliphatic heterocycles. The van der Waals surface area contributed by atoms with E-state index in [1.54, 1.807) is 7.11 Å². The van der Waals surface area contributed by atoms with Gasteiger partial charge in [0.2, 0.25) is 0 Å². The molecule has 0 aliphatic carbocycles. The third-order valence-corrected chi connectivity index (χ3v) is 4.31. The zero-order valence-corrected chi connectivity index (χ0v) is 13.0. The second kappa shape index (κ2) is 6.80. The minimum absolute atomic E-state index is 0.0681. The number of likely N-dealkylation sites (tertiary alicyclic amines) is 1. The summed E-state index contributed by atoms with van der Waals surface area (Å²) in [6.07, 6.45) is 2.50. The first-order chi connectivity index (χ1) is 10.0. The Morgan fingerprint density at radius 3 is 2.86 bits per heavy atom. The van der Waals surface area contributed by atoms with Gasteiger partial charge in [0.25, 0.3) is 0 Å². The lowest BCUT2D eigenvalue weighted by Gasteiger charge is -2.36. The molecule has 1 saturated heterocycles. The van der Waals surface area contributed by atoms with Crippen molar-refractivity contribution in [3.05, 3.63) is 29.3 Å². The van der Waals surface area contributed by atoms with Gasteiger partial charge in [-0.15, -0.1) is 0 Å². The average molecular weight is 291 g/mol. The van der Waals surface area contributed by atoms with Crippen molar-refractivity contribution in [1.82, 2.24) is 4.90 Å². The maximum atomic E-state index is 8.80. The number of hydrogen-bond acceptors (Lipinski definition) is 4. The summed E-state index contributed by atoms with van der Waals surface area (Å²) in [5.41, 5.74) is 7.45. The molecule has 0 aromatic heterocycles. The fourth-order valence-electron chi connectivity index (χ4n) is 3.02. The van der Waals surface area contributed by atoms with Crippen molar-refractivity contribution in [1.29, 1.82) is 0 Å². The second-order valence-electron chi connectivity index (χ2n) is 5.97. The van der Waals surface area contributed by atoms with E-state index in [-0.39, 0.29) is 5.84 Å². The van der Waals surface area contributed by atoms with Crippen LogP contribution < -0.4 is 10.5 Å². The molecule has 3 N–H and O–H groups in total. The highest BCUT2D eigenvalue weighted by Crippen LogP contribution is 2.26. The van der Waals surface area contributed by atoms with Crippen molar-refractivity contribution in [3.8, 4) is 5.75 Å². The van der Waals surface area contributed by atoms with Crippen molar-refractivity contribution in [2.75, 3.05) is 13.7 Å². The topological polar surface area (TPSA) is 71.1 Å². The molecule has 0 amide bonds. The molecule has 1 fully saturated rings. The Hall–Kier alpha value is -1.75. The summed E-state index contributed by atoms with van der Waals surface area (Å²) in [5.74, 6) is 1.52. The fraction of sp³-hybridized carbons (Fsp3) is 0.562. The standard InChI is InChI=1S/C16H25N3O2/c1-11-6-7-19(12(2)8-11)10-13-4-5-14(16(17)18-20)15(9-13)21-3/h4-5,9,11-12,20H,6-8,10H2,1-3H3,(H2,17,18). The van der Waals surface area contributed by atoms with Gasteiger partial charge in [0.15, 0.2) is 5.84 Å². The largest absolute Gasteiger partial charge is 0.496 e. The lowest BCUT2D eigenvalue weighted by Crippen LogP contribution is -2.39. The van der Waals surface area contributed by atoms with Gasteiger partial charge in [-0.3, -0.25) is 4.90 Å². The number of benzene rings is 1. The van der Waals surface area contributed by atoms with E-state index in [1.807, 2.05) is 18.2 Å². The van der Waals surface area contributed by atoms with E-state index in [2.05, 4.69) is 23.9 Å². The van der Waals surface area contributed by atoms with Crippen LogP contribution in [0.4, 0.5) is 0 Å². The summed E-state index contributed by atoms with van der Waals surface area (Å²) < 4.78 is 5.35. The van der Waals surface area contributed by atoms with Gasteiger partial charge in [-0.1, -0.05) is 18.1 Å². The van der Waals surface area contributed by atoms with Gasteiger partial charge in [-0.05, 0) is 49.9 Å². The third-order valence-electron chi connectivity index (χ3n) is 4.31. The van der Waals surface area contributed by atoms with Crippen LogP contribution in [0.25, 0.3) is 0 Å². The van der Waals surface area contributed by atoms with Crippen LogP contribution in [0.5, 0.6) is 5.75 Å². The molecule has 2 unspecified atom stereocenters. The van der Waals surface area contributed by atoms with Crippen molar-refractivity contribution >= 4 is 5.84 Å². The highest BCUT2D eigenvalue weighted by molar-refractivity contribution is 5.99. The van der Waals surface area contributed by atoms with Crippen LogP contribution in [-0.2, 0) is 6.54 Å². The Balaban J connectivity index is 2.14. The number of nitrogens with zero attached hydrogens (tertiary/aromatic N) is 2. The van der Waals surface area contributed by atoms with E-state index in [9.17, 15) is 0 Å². The predicted octanol–water partition coefficient (Wildman–Crippen LogP) is 2.41.